The third kappa shape index (κ3) is 6.87. The summed E-state index contributed by atoms with van der Waals surface area (Å²) in [6, 6.07) is 0. The molecular weight excluding hydrogens is 458 g/mol. The average Bonchev–Trinajstić information content (AvgIpc) is 3.27. The predicted molar refractivity (Wildman–Crippen MR) is 130 cm³/mol. The number of anilines is 2. The number of rotatable bonds is 10. The molecule has 1 saturated heterocycles. The molecule has 3 N–H and O–H groups in total. The third-order valence-corrected chi connectivity index (χ3v) is 7.11. The van der Waals surface area contributed by atoms with Gasteiger partial charge in [0.1, 0.15) is 11.1 Å². The quantitative estimate of drug-likeness (QED) is 0.346. The van der Waals surface area contributed by atoms with Gasteiger partial charge in [-0.2, -0.15) is 0 Å². The summed E-state index contributed by atoms with van der Waals surface area (Å²) in [4.78, 5) is 39.1. The van der Waals surface area contributed by atoms with Crippen LogP contribution in [0.25, 0.3) is 0 Å². The van der Waals surface area contributed by atoms with Crippen LogP contribution >= 0.6 is 11.3 Å². The first kappa shape index (κ1) is 25.9. The fourth-order valence-corrected chi connectivity index (χ4v) is 5.13. The van der Waals surface area contributed by atoms with Gasteiger partial charge in [0.05, 0.1) is 25.4 Å². The summed E-state index contributed by atoms with van der Waals surface area (Å²) in [6.07, 6.45) is 5.55. The Hall–Kier alpha value is -2.76. The van der Waals surface area contributed by atoms with E-state index in [1.807, 2.05) is 19.2 Å². The Morgan fingerprint density at radius 2 is 1.74 bits per heavy atom. The second-order valence-electron chi connectivity index (χ2n) is 8.83. The minimum atomic E-state index is -0.244. The van der Waals surface area contributed by atoms with Crippen molar-refractivity contribution in [2.45, 2.75) is 39.5 Å². The van der Waals surface area contributed by atoms with Crippen LogP contribution in [0.15, 0.2) is 16.2 Å². The summed E-state index contributed by atoms with van der Waals surface area (Å²) >= 11 is 1.29. The van der Waals surface area contributed by atoms with Crippen molar-refractivity contribution in [1.29, 1.82) is 0 Å². The van der Waals surface area contributed by atoms with Crippen molar-refractivity contribution in [3.8, 4) is 0 Å². The summed E-state index contributed by atoms with van der Waals surface area (Å²) in [7, 11) is 1.57. The Kier molecular flexibility index (Phi) is 9.20. The highest BCUT2D eigenvalue weighted by Crippen LogP contribution is 2.28. The van der Waals surface area contributed by atoms with Gasteiger partial charge in [0.2, 0.25) is 0 Å². The SMILES string of the molecule is COCCNC(=O)c1scc(C)c1NC(=O)C[N+]1(CC(=O)Nc2nocc2C)CCCCCC1. The van der Waals surface area contributed by atoms with E-state index in [4.69, 9.17) is 9.26 Å². The molecule has 0 spiro atoms. The topological polar surface area (TPSA) is 123 Å². The van der Waals surface area contributed by atoms with Gasteiger partial charge >= 0.3 is 0 Å². The lowest BCUT2D eigenvalue weighted by atomic mass is 10.2. The maximum atomic E-state index is 13.2. The van der Waals surface area contributed by atoms with Crippen molar-refractivity contribution < 1.29 is 28.1 Å². The normalized spacial score (nSPS) is 15.4. The zero-order valence-corrected chi connectivity index (χ0v) is 20.9. The Labute approximate surface area is 203 Å². The van der Waals surface area contributed by atoms with E-state index in [1.54, 1.807) is 7.11 Å². The molecule has 3 amide bonds. The number of likely N-dealkylation sites (tertiary alicyclic amines) is 1. The summed E-state index contributed by atoms with van der Waals surface area (Å²) in [5, 5.41) is 14.2. The molecule has 2 aromatic rings. The molecule has 3 heterocycles. The number of aromatic nitrogens is 1. The van der Waals surface area contributed by atoms with Crippen molar-refractivity contribution in [2.24, 2.45) is 0 Å². The highest BCUT2D eigenvalue weighted by Gasteiger charge is 2.35. The third-order valence-electron chi connectivity index (χ3n) is 6.02. The van der Waals surface area contributed by atoms with E-state index < -0.39 is 0 Å². The number of aryl methyl sites for hydroxylation is 2. The number of quaternary nitrogens is 1. The monoisotopic (exact) mass is 492 g/mol. The molecule has 1 fully saturated rings. The molecule has 0 radical (unpaired) electrons. The molecule has 1 aliphatic heterocycles. The van der Waals surface area contributed by atoms with Crippen molar-refractivity contribution in [3.05, 3.63) is 27.6 Å². The van der Waals surface area contributed by atoms with Crippen LogP contribution in [0.4, 0.5) is 11.5 Å². The summed E-state index contributed by atoms with van der Waals surface area (Å²) < 4.78 is 10.3. The van der Waals surface area contributed by atoms with Gasteiger partial charge in [0, 0.05) is 19.2 Å². The molecule has 34 heavy (non-hydrogen) atoms. The lowest BCUT2D eigenvalue weighted by molar-refractivity contribution is -0.912. The molecule has 0 bridgehead atoms. The van der Waals surface area contributed by atoms with Crippen LogP contribution in [-0.2, 0) is 14.3 Å². The van der Waals surface area contributed by atoms with Crippen molar-refractivity contribution >= 4 is 40.6 Å². The van der Waals surface area contributed by atoms with Gasteiger partial charge in [-0.05, 0) is 50.5 Å². The largest absolute Gasteiger partial charge is 0.383 e. The maximum Gasteiger partial charge on any atom is 0.280 e. The van der Waals surface area contributed by atoms with Gasteiger partial charge in [0.25, 0.3) is 17.7 Å². The van der Waals surface area contributed by atoms with Crippen LogP contribution in [-0.4, -0.2) is 73.8 Å². The lowest BCUT2D eigenvalue weighted by Crippen LogP contribution is -2.56. The highest BCUT2D eigenvalue weighted by molar-refractivity contribution is 7.13. The number of amides is 3. The maximum absolute atomic E-state index is 13.2. The van der Waals surface area contributed by atoms with E-state index >= 15 is 0 Å². The zero-order chi connectivity index (χ0) is 24.6. The van der Waals surface area contributed by atoms with Gasteiger partial charge in [-0.25, -0.2) is 0 Å². The van der Waals surface area contributed by atoms with Gasteiger partial charge in [-0.3, -0.25) is 14.4 Å². The number of carbonyl (C=O) groups excluding carboxylic acids is 3. The van der Waals surface area contributed by atoms with E-state index in [9.17, 15) is 14.4 Å². The second kappa shape index (κ2) is 12.1. The molecule has 0 atom stereocenters. The minimum Gasteiger partial charge on any atom is -0.383 e. The fraction of sp³-hybridized carbons (Fsp3) is 0.565. The fourth-order valence-electron chi connectivity index (χ4n) is 4.21. The van der Waals surface area contributed by atoms with Gasteiger partial charge in [-0.1, -0.05) is 5.16 Å². The van der Waals surface area contributed by atoms with E-state index in [0.717, 1.165) is 49.9 Å². The number of thiophene rings is 1. The van der Waals surface area contributed by atoms with Gasteiger partial charge in [-0.15, -0.1) is 11.3 Å². The number of hydrogen-bond donors (Lipinski definition) is 3. The van der Waals surface area contributed by atoms with Crippen molar-refractivity contribution in [3.63, 3.8) is 0 Å². The Balaban J connectivity index is 1.70. The molecule has 1 aliphatic rings. The van der Waals surface area contributed by atoms with Crippen LogP contribution in [0.3, 0.4) is 0 Å². The second-order valence-corrected chi connectivity index (χ2v) is 9.71. The molecule has 2 aromatic heterocycles. The van der Waals surface area contributed by atoms with E-state index in [1.165, 1.54) is 17.6 Å². The van der Waals surface area contributed by atoms with Crippen LogP contribution in [0.1, 0.15) is 46.5 Å². The molecule has 11 heteroatoms. The molecule has 3 rings (SSSR count). The number of ether oxygens (including phenoxy) is 1. The van der Waals surface area contributed by atoms with Crippen LogP contribution < -0.4 is 16.0 Å². The molecule has 10 nitrogen and oxygen atoms in total. The highest BCUT2D eigenvalue weighted by atomic mass is 32.1. The lowest BCUT2D eigenvalue weighted by Gasteiger charge is -2.36. The molecule has 0 saturated carbocycles. The van der Waals surface area contributed by atoms with Crippen LogP contribution in [0.5, 0.6) is 0 Å². The number of nitrogens with zero attached hydrogens (tertiary/aromatic N) is 2. The van der Waals surface area contributed by atoms with Crippen LogP contribution in [0.2, 0.25) is 0 Å². The van der Waals surface area contributed by atoms with Gasteiger partial charge < -0.3 is 29.7 Å². The number of nitrogens with one attached hydrogen (secondary N) is 3. The van der Waals surface area contributed by atoms with Crippen LogP contribution in [0, 0.1) is 13.8 Å². The Morgan fingerprint density at radius 3 is 2.35 bits per heavy atom. The first-order valence-electron chi connectivity index (χ1n) is 11.5. The molecule has 0 unspecified atom stereocenters. The smallest absolute Gasteiger partial charge is 0.280 e. The van der Waals surface area contributed by atoms with Crippen molar-refractivity contribution in [2.75, 3.05) is 57.1 Å². The van der Waals surface area contributed by atoms with E-state index in [0.29, 0.717) is 34.0 Å². The predicted octanol–water partition coefficient (Wildman–Crippen LogP) is 2.70. The van der Waals surface area contributed by atoms with Gasteiger partial charge in [0.15, 0.2) is 18.9 Å². The molecule has 186 valence electrons. The molecule has 0 aromatic carbocycles. The van der Waals surface area contributed by atoms with Crippen molar-refractivity contribution in [1.82, 2.24) is 10.5 Å². The minimum absolute atomic E-state index is 0.158. The Bertz CT molecular complexity index is 994. The van der Waals surface area contributed by atoms with E-state index in [-0.39, 0.29) is 30.8 Å². The molecular formula is C23H34N5O5S+. The first-order chi connectivity index (χ1) is 16.3. The average molecular weight is 493 g/mol. The Morgan fingerprint density at radius 1 is 1.06 bits per heavy atom. The number of carbonyl (C=O) groups is 3. The standard InChI is InChI=1S/C23H33N5O5S/c1-16-14-33-27-22(16)26-19(30)13-28(9-6-4-5-7-10-28)12-18(29)25-20-17(2)15-34-21(20)23(31)24-8-11-32-3/h14-15H,4-13H2,1-3H3,(H2-,24,25,26,27,29,30,31)/p+1. The van der Waals surface area contributed by atoms with E-state index in [2.05, 4.69) is 21.1 Å². The zero-order valence-electron chi connectivity index (χ0n) is 20.1. The number of methoxy groups -OCH3 is 1. The molecule has 0 aliphatic carbocycles. The summed E-state index contributed by atoms with van der Waals surface area (Å²) in [6.45, 7) is 6.28. The number of hydrogen-bond acceptors (Lipinski definition) is 7. The first-order valence-corrected chi connectivity index (χ1v) is 12.4. The summed E-state index contributed by atoms with van der Waals surface area (Å²) in [5.74, 6) is -0.247. The summed E-state index contributed by atoms with van der Waals surface area (Å²) in [5.41, 5.74) is 2.11.